The van der Waals surface area contributed by atoms with Crippen molar-refractivity contribution in [2.75, 3.05) is 31.5 Å². The molecule has 1 fully saturated rings. The van der Waals surface area contributed by atoms with Crippen molar-refractivity contribution in [3.8, 4) is 0 Å². The summed E-state index contributed by atoms with van der Waals surface area (Å²) in [5.41, 5.74) is 0.928. The van der Waals surface area contributed by atoms with Crippen LogP contribution < -0.4 is 5.32 Å². The average Bonchev–Trinajstić information content (AvgIpc) is 2.36. The average molecular weight is 352 g/mol. The SMILES string of the molecule is FC(F)(F)CN1CCC(CNc2cncc(Br)c2)CC1. The first-order chi connectivity index (χ1) is 9.42. The van der Waals surface area contributed by atoms with Gasteiger partial charge < -0.3 is 5.32 Å². The van der Waals surface area contributed by atoms with Crippen molar-refractivity contribution in [3.05, 3.63) is 22.9 Å². The van der Waals surface area contributed by atoms with Gasteiger partial charge in [-0.25, -0.2) is 0 Å². The maximum atomic E-state index is 12.3. The van der Waals surface area contributed by atoms with Crippen LogP contribution in [0, 0.1) is 5.92 Å². The van der Waals surface area contributed by atoms with E-state index >= 15 is 0 Å². The maximum absolute atomic E-state index is 12.3. The van der Waals surface area contributed by atoms with Gasteiger partial charge in [0.05, 0.1) is 18.4 Å². The number of pyridine rings is 1. The Labute approximate surface area is 124 Å². The second kappa shape index (κ2) is 6.76. The maximum Gasteiger partial charge on any atom is 0.401 e. The van der Waals surface area contributed by atoms with Crippen LogP contribution in [0.25, 0.3) is 0 Å². The van der Waals surface area contributed by atoms with E-state index in [1.807, 2.05) is 6.07 Å². The molecule has 1 saturated heterocycles. The Hall–Kier alpha value is -0.820. The highest BCUT2D eigenvalue weighted by atomic mass is 79.9. The number of nitrogens with one attached hydrogen (secondary N) is 1. The number of halogens is 4. The highest BCUT2D eigenvalue weighted by molar-refractivity contribution is 9.10. The van der Waals surface area contributed by atoms with E-state index in [0.717, 1.165) is 29.5 Å². The van der Waals surface area contributed by atoms with Gasteiger partial charge in [-0.15, -0.1) is 0 Å². The quantitative estimate of drug-likeness (QED) is 0.899. The van der Waals surface area contributed by atoms with Crippen molar-refractivity contribution in [2.45, 2.75) is 19.0 Å². The first kappa shape index (κ1) is 15.6. The van der Waals surface area contributed by atoms with Crippen LogP contribution in [0.15, 0.2) is 22.9 Å². The largest absolute Gasteiger partial charge is 0.401 e. The standard InChI is InChI=1S/C13H17BrF3N3/c14-11-5-12(8-18-7-11)19-6-10-1-3-20(4-2-10)9-13(15,16)17/h5,7-8,10,19H,1-4,6,9H2. The first-order valence-electron chi connectivity index (χ1n) is 6.56. The smallest absolute Gasteiger partial charge is 0.383 e. The summed E-state index contributed by atoms with van der Waals surface area (Å²) in [7, 11) is 0. The van der Waals surface area contributed by atoms with Crippen molar-refractivity contribution in [1.82, 2.24) is 9.88 Å². The van der Waals surface area contributed by atoms with Gasteiger partial charge in [0, 0.05) is 17.2 Å². The van der Waals surface area contributed by atoms with E-state index in [-0.39, 0.29) is 0 Å². The third-order valence-corrected chi connectivity index (χ3v) is 3.84. The van der Waals surface area contributed by atoms with E-state index < -0.39 is 12.7 Å². The van der Waals surface area contributed by atoms with Crippen molar-refractivity contribution in [1.29, 1.82) is 0 Å². The Balaban J connectivity index is 1.72. The number of rotatable bonds is 4. The predicted molar refractivity (Wildman–Crippen MR) is 75.6 cm³/mol. The van der Waals surface area contributed by atoms with Crippen LogP contribution >= 0.6 is 15.9 Å². The molecule has 3 nitrogen and oxygen atoms in total. The normalized spacial score (nSPS) is 18.2. The van der Waals surface area contributed by atoms with E-state index in [4.69, 9.17) is 0 Å². The van der Waals surface area contributed by atoms with E-state index in [0.29, 0.717) is 19.0 Å². The summed E-state index contributed by atoms with van der Waals surface area (Å²) in [5.74, 6) is 0.415. The summed E-state index contributed by atoms with van der Waals surface area (Å²) >= 11 is 3.35. The van der Waals surface area contributed by atoms with Gasteiger partial charge in [0.15, 0.2) is 0 Å². The molecule has 112 valence electrons. The molecule has 1 aliphatic heterocycles. The number of anilines is 1. The van der Waals surface area contributed by atoms with Crippen molar-refractivity contribution >= 4 is 21.6 Å². The molecular formula is C13H17BrF3N3. The number of nitrogens with zero attached hydrogens (tertiary/aromatic N) is 2. The number of likely N-dealkylation sites (tertiary alicyclic amines) is 1. The lowest BCUT2D eigenvalue weighted by Crippen LogP contribution is -2.41. The minimum atomic E-state index is -4.09. The zero-order valence-corrected chi connectivity index (χ0v) is 12.5. The lowest BCUT2D eigenvalue weighted by molar-refractivity contribution is -0.148. The van der Waals surface area contributed by atoms with Gasteiger partial charge in [-0.2, -0.15) is 13.2 Å². The fraction of sp³-hybridized carbons (Fsp3) is 0.615. The van der Waals surface area contributed by atoms with Gasteiger partial charge in [-0.1, -0.05) is 0 Å². The second-order valence-electron chi connectivity index (χ2n) is 5.11. The molecule has 0 amide bonds. The van der Waals surface area contributed by atoms with Gasteiger partial charge in [-0.3, -0.25) is 9.88 Å². The lowest BCUT2D eigenvalue weighted by atomic mass is 9.97. The second-order valence-corrected chi connectivity index (χ2v) is 6.02. The third kappa shape index (κ3) is 5.28. The monoisotopic (exact) mass is 351 g/mol. The van der Waals surface area contributed by atoms with Gasteiger partial charge in [0.25, 0.3) is 0 Å². The highest BCUT2D eigenvalue weighted by Gasteiger charge is 2.32. The van der Waals surface area contributed by atoms with E-state index in [1.165, 1.54) is 4.90 Å². The molecule has 0 saturated carbocycles. The molecule has 0 unspecified atom stereocenters. The van der Waals surface area contributed by atoms with Crippen LogP contribution in [0.5, 0.6) is 0 Å². The van der Waals surface area contributed by atoms with Crippen molar-refractivity contribution < 1.29 is 13.2 Å². The molecule has 1 N–H and O–H groups in total. The molecule has 20 heavy (non-hydrogen) atoms. The number of piperidine rings is 1. The third-order valence-electron chi connectivity index (χ3n) is 3.41. The number of alkyl halides is 3. The topological polar surface area (TPSA) is 28.2 Å². The summed E-state index contributed by atoms with van der Waals surface area (Å²) in [6, 6.07) is 1.94. The molecular weight excluding hydrogens is 335 g/mol. The number of hydrogen-bond donors (Lipinski definition) is 1. The molecule has 0 aromatic carbocycles. The fourth-order valence-electron chi connectivity index (χ4n) is 2.37. The Morgan fingerprint density at radius 2 is 2.00 bits per heavy atom. The molecule has 0 aliphatic carbocycles. The Morgan fingerprint density at radius 1 is 1.30 bits per heavy atom. The molecule has 0 radical (unpaired) electrons. The minimum Gasteiger partial charge on any atom is -0.383 e. The summed E-state index contributed by atoms with van der Waals surface area (Å²) in [5, 5.41) is 3.29. The van der Waals surface area contributed by atoms with Crippen LogP contribution in [-0.4, -0.2) is 42.2 Å². The Kier molecular flexibility index (Phi) is 5.26. The van der Waals surface area contributed by atoms with Crippen molar-refractivity contribution in [3.63, 3.8) is 0 Å². The van der Waals surface area contributed by atoms with E-state index in [1.54, 1.807) is 12.4 Å². The summed E-state index contributed by atoms with van der Waals surface area (Å²) in [4.78, 5) is 5.54. The number of aromatic nitrogens is 1. The highest BCUT2D eigenvalue weighted by Crippen LogP contribution is 2.23. The minimum absolute atomic E-state index is 0.415. The van der Waals surface area contributed by atoms with Crippen molar-refractivity contribution in [2.24, 2.45) is 5.92 Å². The number of hydrogen-bond acceptors (Lipinski definition) is 3. The first-order valence-corrected chi connectivity index (χ1v) is 7.35. The summed E-state index contributed by atoms with van der Waals surface area (Å²) in [6.45, 7) is 1.02. The molecule has 2 heterocycles. The molecule has 0 atom stereocenters. The van der Waals surface area contributed by atoms with Crippen LogP contribution in [0.2, 0.25) is 0 Å². The molecule has 1 aromatic rings. The van der Waals surface area contributed by atoms with Gasteiger partial charge in [0.1, 0.15) is 0 Å². The van der Waals surface area contributed by atoms with Crippen LogP contribution in [0.1, 0.15) is 12.8 Å². The zero-order chi connectivity index (χ0) is 14.6. The predicted octanol–water partition coefficient (Wildman–Crippen LogP) is 3.53. The van der Waals surface area contributed by atoms with Gasteiger partial charge in [-0.05, 0) is 53.8 Å². The fourth-order valence-corrected chi connectivity index (χ4v) is 2.74. The van der Waals surface area contributed by atoms with Crippen LogP contribution in [0.3, 0.4) is 0 Å². The van der Waals surface area contributed by atoms with Gasteiger partial charge >= 0.3 is 6.18 Å². The Morgan fingerprint density at radius 3 is 2.60 bits per heavy atom. The summed E-state index contributed by atoms with van der Waals surface area (Å²) < 4.78 is 37.7. The van der Waals surface area contributed by atoms with E-state index in [9.17, 15) is 13.2 Å². The molecule has 1 aromatic heterocycles. The Bertz CT molecular complexity index is 431. The van der Waals surface area contributed by atoms with Crippen LogP contribution in [-0.2, 0) is 0 Å². The molecule has 7 heteroatoms. The zero-order valence-electron chi connectivity index (χ0n) is 11.0. The molecule has 2 rings (SSSR count). The van der Waals surface area contributed by atoms with Crippen LogP contribution in [0.4, 0.5) is 18.9 Å². The van der Waals surface area contributed by atoms with E-state index in [2.05, 4.69) is 26.2 Å². The summed E-state index contributed by atoms with van der Waals surface area (Å²) in [6.07, 6.45) is 0.951. The molecule has 0 spiro atoms. The molecule has 0 bridgehead atoms. The molecule has 1 aliphatic rings. The lowest BCUT2D eigenvalue weighted by Gasteiger charge is -2.32. The van der Waals surface area contributed by atoms with Gasteiger partial charge in [0.2, 0.25) is 0 Å².